The van der Waals surface area contributed by atoms with Gasteiger partial charge in [-0.25, -0.2) is 9.98 Å². The van der Waals surface area contributed by atoms with Gasteiger partial charge in [0.25, 0.3) is 0 Å². The van der Waals surface area contributed by atoms with Gasteiger partial charge in [-0.05, 0) is 38.7 Å². The van der Waals surface area contributed by atoms with Gasteiger partial charge in [0.15, 0.2) is 14.2 Å². The largest absolute Gasteiger partial charge is 0.407 e. The molecule has 0 aliphatic carbocycles. The van der Waals surface area contributed by atoms with Gasteiger partial charge in [-0.2, -0.15) is 0 Å². The lowest BCUT2D eigenvalue weighted by molar-refractivity contribution is 0.258. The summed E-state index contributed by atoms with van der Waals surface area (Å²) in [4.78, 5) is 8.24. The van der Waals surface area contributed by atoms with Crippen LogP contribution in [0.5, 0.6) is 0 Å². The van der Waals surface area contributed by atoms with Gasteiger partial charge in [0.05, 0.1) is 0 Å². The molecular weight excluding hydrogens is 308 g/mol. The van der Waals surface area contributed by atoms with Crippen LogP contribution in [0.2, 0.25) is 18.1 Å². The first kappa shape index (κ1) is 17.7. The summed E-state index contributed by atoms with van der Waals surface area (Å²) in [6.07, 6.45) is 1.58. The number of halogens is 1. The van der Waals surface area contributed by atoms with Crippen LogP contribution in [0, 0.1) is 0 Å². The molecule has 5 heteroatoms. The fraction of sp³-hybridized carbons (Fsp3) is 0.692. The van der Waals surface area contributed by atoms with E-state index in [0.29, 0.717) is 5.84 Å². The van der Waals surface area contributed by atoms with Gasteiger partial charge >= 0.3 is 0 Å². The van der Waals surface area contributed by atoms with Crippen molar-refractivity contribution in [2.75, 3.05) is 0 Å². The maximum absolute atomic E-state index is 6.22. The first-order valence-electron chi connectivity index (χ1n) is 6.06. The zero-order valence-electron chi connectivity index (χ0n) is 12.5. The molecule has 0 saturated heterocycles. The third-order valence-corrected chi connectivity index (χ3v) is 7.94. The van der Waals surface area contributed by atoms with E-state index in [0.717, 1.165) is 4.48 Å². The van der Waals surface area contributed by atoms with Gasteiger partial charge in [-0.1, -0.05) is 36.7 Å². The van der Waals surface area contributed by atoms with E-state index >= 15 is 0 Å². The molecule has 0 spiro atoms. The van der Waals surface area contributed by atoms with Gasteiger partial charge < -0.3 is 4.43 Å². The lowest BCUT2D eigenvalue weighted by Gasteiger charge is -2.38. The van der Waals surface area contributed by atoms with Crippen molar-refractivity contribution in [2.45, 2.75) is 58.9 Å². The van der Waals surface area contributed by atoms with Gasteiger partial charge in [-0.15, -0.1) is 0 Å². The van der Waals surface area contributed by atoms with Gasteiger partial charge in [0.2, 0.25) is 0 Å². The predicted molar refractivity (Wildman–Crippen MR) is 87.4 cm³/mol. The van der Waals surface area contributed by atoms with Crippen LogP contribution < -0.4 is 0 Å². The Balaban J connectivity index is 4.95. The molecule has 0 fully saturated rings. The Morgan fingerprint density at radius 1 is 1.39 bits per heavy atom. The van der Waals surface area contributed by atoms with Crippen molar-refractivity contribution < 1.29 is 4.43 Å². The van der Waals surface area contributed by atoms with Crippen LogP contribution in [0.1, 0.15) is 34.6 Å². The average molecular weight is 333 g/mol. The Morgan fingerprint density at radius 2 is 1.89 bits per heavy atom. The third kappa shape index (κ3) is 5.59. The molecule has 0 aromatic carbocycles. The lowest BCUT2D eigenvalue weighted by Crippen LogP contribution is -2.44. The van der Waals surface area contributed by atoms with Crippen molar-refractivity contribution >= 4 is 36.8 Å². The summed E-state index contributed by atoms with van der Waals surface area (Å²) in [5.74, 6) is 0.624. The number of nitrogens with zero attached hydrogens (tertiary/aromatic N) is 2. The van der Waals surface area contributed by atoms with Crippen LogP contribution in [-0.2, 0) is 4.43 Å². The molecule has 0 amide bonds. The highest BCUT2D eigenvalue weighted by molar-refractivity contribution is 9.11. The molecule has 1 atom stereocenters. The van der Waals surface area contributed by atoms with Crippen molar-refractivity contribution in [1.82, 2.24) is 0 Å². The molecule has 3 nitrogen and oxygen atoms in total. The molecule has 0 aliphatic rings. The zero-order chi connectivity index (χ0) is 14.6. The molecule has 18 heavy (non-hydrogen) atoms. The molecular formula is C13H25BrN2OSi. The van der Waals surface area contributed by atoms with Crippen LogP contribution in [0.4, 0.5) is 0 Å². The van der Waals surface area contributed by atoms with Crippen molar-refractivity contribution in [1.29, 1.82) is 0 Å². The highest BCUT2D eigenvalue weighted by Gasteiger charge is 2.39. The highest BCUT2D eigenvalue weighted by atomic mass is 79.9. The fourth-order valence-electron chi connectivity index (χ4n) is 1.10. The number of hydrogen-bond acceptors (Lipinski definition) is 2. The van der Waals surface area contributed by atoms with E-state index in [-0.39, 0.29) is 11.1 Å². The summed E-state index contributed by atoms with van der Waals surface area (Å²) < 4.78 is 7.16. The van der Waals surface area contributed by atoms with Gasteiger partial charge in [0.1, 0.15) is 6.10 Å². The van der Waals surface area contributed by atoms with Crippen molar-refractivity contribution in [2.24, 2.45) is 9.98 Å². The number of rotatable bonds is 4. The van der Waals surface area contributed by atoms with Crippen molar-refractivity contribution in [3.63, 3.8) is 0 Å². The molecule has 0 radical (unpaired) electrons. The summed E-state index contributed by atoms with van der Waals surface area (Å²) >= 11 is 3.33. The summed E-state index contributed by atoms with van der Waals surface area (Å²) in [7, 11) is -1.80. The predicted octanol–water partition coefficient (Wildman–Crippen LogP) is 4.75. The molecule has 104 valence electrons. The van der Waals surface area contributed by atoms with Crippen LogP contribution in [-0.4, -0.2) is 27.0 Å². The minimum atomic E-state index is -1.80. The second-order valence-electron chi connectivity index (χ2n) is 5.88. The number of hydrogen-bond donors (Lipinski definition) is 0. The molecule has 0 saturated carbocycles. The lowest BCUT2D eigenvalue weighted by atomic mass is 10.2. The number of amidine groups is 1. The van der Waals surface area contributed by atoms with E-state index in [4.69, 9.17) is 4.43 Å². The average Bonchev–Trinajstić information content (AvgIpc) is 2.15. The standard InChI is InChI=1S/C13H25BrN2OSi/c1-10(14)9-16-12(15-6)11(2)17-18(7,8)13(3,4)5/h9,11H,6H2,1-5,7-8H3/b10-9+,16-12-. The van der Waals surface area contributed by atoms with Crippen LogP contribution in [0.15, 0.2) is 20.7 Å². The zero-order valence-corrected chi connectivity index (χ0v) is 15.1. The molecule has 0 aromatic rings. The molecule has 0 heterocycles. The molecule has 0 aromatic heterocycles. The first-order valence-corrected chi connectivity index (χ1v) is 9.76. The van der Waals surface area contributed by atoms with E-state index in [9.17, 15) is 0 Å². The number of allylic oxidation sites excluding steroid dienone is 1. The number of aliphatic imine (C=N–C) groups is 2. The first-order chi connectivity index (χ1) is 8.01. The van der Waals surface area contributed by atoms with E-state index < -0.39 is 8.32 Å². The van der Waals surface area contributed by atoms with Crippen molar-refractivity contribution in [3.05, 3.63) is 10.7 Å². The van der Waals surface area contributed by atoms with Crippen LogP contribution in [0.25, 0.3) is 0 Å². The molecule has 0 rings (SSSR count). The van der Waals surface area contributed by atoms with Gasteiger partial charge in [0, 0.05) is 10.7 Å². The highest BCUT2D eigenvalue weighted by Crippen LogP contribution is 2.37. The minimum absolute atomic E-state index is 0.133. The second-order valence-corrected chi connectivity index (χ2v) is 11.9. The summed E-state index contributed by atoms with van der Waals surface area (Å²) in [5, 5.41) is 0.175. The molecule has 0 aliphatic heterocycles. The van der Waals surface area contributed by atoms with E-state index in [1.54, 1.807) is 6.20 Å². The Morgan fingerprint density at radius 3 is 2.22 bits per heavy atom. The Kier molecular flexibility index (Phi) is 6.67. The van der Waals surface area contributed by atoms with Crippen molar-refractivity contribution in [3.8, 4) is 0 Å². The molecule has 0 bridgehead atoms. The maximum Gasteiger partial charge on any atom is 0.193 e. The Hall–Kier alpha value is -0.263. The monoisotopic (exact) mass is 332 g/mol. The quantitative estimate of drug-likeness (QED) is 0.415. The summed E-state index contributed by atoms with van der Waals surface area (Å²) in [6, 6.07) is 0. The van der Waals surface area contributed by atoms with E-state index in [1.165, 1.54) is 0 Å². The Labute approximate surface area is 121 Å². The normalized spacial score (nSPS) is 16.7. The maximum atomic E-state index is 6.22. The minimum Gasteiger partial charge on any atom is -0.407 e. The third-order valence-electron chi connectivity index (χ3n) is 3.18. The molecule has 1 unspecified atom stereocenters. The topological polar surface area (TPSA) is 34.0 Å². The SMILES string of the molecule is C=N/C(=N\C=C(/C)Br)C(C)O[Si](C)(C)C(C)(C)C. The Bertz CT molecular complexity index is 352. The van der Waals surface area contributed by atoms with E-state index in [2.05, 4.69) is 66.5 Å². The van der Waals surface area contributed by atoms with E-state index in [1.807, 2.05) is 13.8 Å². The van der Waals surface area contributed by atoms with Crippen LogP contribution >= 0.6 is 15.9 Å². The second kappa shape index (κ2) is 6.77. The fourth-order valence-corrected chi connectivity index (χ4v) is 2.55. The van der Waals surface area contributed by atoms with Gasteiger partial charge in [-0.3, -0.25) is 0 Å². The summed E-state index contributed by atoms with van der Waals surface area (Å²) in [5.41, 5.74) is 0. The summed E-state index contributed by atoms with van der Waals surface area (Å²) in [6.45, 7) is 18.5. The van der Waals surface area contributed by atoms with Crippen LogP contribution in [0.3, 0.4) is 0 Å². The molecule has 0 N–H and O–H groups in total. The smallest absolute Gasteiger partial charge is 0.193 e.